The zero-order chi connectivity index (χ0) is 10.4. The number of aromatic hydroxyl groups is 1. The molecule has 72 valence electrons. The van der Waals surface area contributed by atoms with Crippen LogP contribution in [0.5, 0.6) is 5.75 Å². The molecule has 6 nitrogen and oxygen atoms in total. The van der Waals surface area contributed by atoms with Gasteiger partial charge in [-0.15, -0.1) is 0 Å². The topological polar surface area (TPSA) is 96.2 Å². The molecule has 0 atom stereocenters. The molecular weight excluding hydrogens is 176 g/mol. The molecule has 0 unspecified atom stereocenters. The van der Waals surface area contributed by atoms with E-state index in [-0.39, 0.29) is 0 Å². The number of nitrogens with one attached hydrogen (secondary N) is 1. The van der Waals surface area contributed by atoms with Crippen molar-refractivity contribution in [3.63, 3.8) is 0 Å². The predicted octanol–water partition coefficient (Wildman–Crippen LogP) is 1.01. The maximum atomic E-state index is 10.6. The van der Waals surface area contributed by atoms with Crippen molar-refractivity contribution in [2.75, 3.05) is 0 Å². The highest BCUT2D eigenvalue weighted by Gasteiger charge is 2.17. The number of aromatic amines is 1. The number of hydrogen-bond donors (Lipinski definition) is 2. The Bertz CT molecular complexity index is 345. The second kappa shape index (κ2) is 4.91. The molecule has 2 N–H and O–H groups in total. The molecule has 0 aliphatic heterocycles. The predicted molar refractivity (Wildman–Crippen MR) is 46.7 cm³/mol. The summed E-state index contributed by atoms with van der Waals surface area (Å²) < 4.78 is 0. The molecule has 6 heteroatoms. The van der Waals surface area contributed by atoms with E-state index in [4.69, 9.17) is 5.11 Å². The summed E-state index contributed by atoms with van der Waals surface area (Å²) in [6.07, 6.45) is 1.13. The van der Waals surface area contributed by atoms with Gasteiger partial charge in [-0.2, -0.15) is 0 Å². The zero-order valence-electron chi connectivity index (χ0n) is 7.27. The summed E-state index contributed by atoms with van der Waals surface area (Å²) in [5, 5.41) is 18.9. The van der Waals surface area contributed by atoms with Gasteiger partial charge >= 0.3 is 11.2 Å². The Morgan fingerprint density at radius 2 is 2.08 bits per heavy atom. The molecule has 1 heterocycles. The van der Waals surface area contributed by atoms with E-state index in [1.165, 1.54) is 0 Å². The minimum Gasteiger partial charge on any atom is -0.502 e. The lowest BCUT2D eigenvalue weighted by Crippen LogP contribution is -2.10. The Labute approximate surface area is 74.0 Å². The molecule has 1 aromatic heterocycles. The first-order valence-electron chi connectivity index (χ1n) is 3.68. The largest absolute Gasteiger partial charge is 0.502 e. The SMILES string of the molecule is CC.O=c1[nH]ccc(O)c1[N+](=O)[O-]. The van der Waals surface area contributed by atoms with Crippen LogP contribution in [0.4, 0.5) is 5.69 Å². The summed E-state index contributed by atoms with van der Waals surface area (Å²) in [7, 11) is 0. The van der Waals surface area contributed by atoms with Gasteiger partial charge in [0.05, 0.1) is 4.92 Å². The van der Waals surface area contributed by atoms with Crippen LogP contribution in [0.2, 0.25) is 0 Å². The zero-order valence-corrected chi connectivity index (χ0v) is 7.27. The number of nitrogens with zero attached hydrogens (tertiary/aromatic N) is 1. The monoisotopic (exact) mass is 186 g/mol. The third kappa shape index (κ3) is 2.58. The van der Waals surface area contributed by atoms with Crippen molar-refractivity contribution >= 4 is 5.69 Å². The molecule has 13 heavy (non-hydrogen) atoms. The molecule has 0 fully saturated rings. The van der Waals surface area contributed by atoms with Crippen LogP contribution < -0.4 is 5.56 Å². The standard InChI is InChI=1S/C5H4N2O4.C2H6/c8-3-1-2-6-5(9)4(3)7(10)11;1-2/h1-2H,(H2,6,8,9);1-2H3. The average molecular weight is 186 g/mol. The summed E-state index contributed by atoms with van der Waals surface area (Å²) in [6, 6.07) is 1.04. The van der Waals surface area contributed by atoms with E-state index in [9.17, 15) is 14.9 Å². The summed E-state index contributed by atoms with van der Waals surface area (Å²) in [6.45, 7) is 4.00. The second-order valence-electron chi connectivity index (χ2n) is 1.80. The molecule has 0 bridgehead atoms. The smallest absolute Gasteiger partial charge is 0.374 e. The molecule has 0 spiro atoms. The summed E-state index contributed by atoms with van der Waals surface area (Å²) in [5.74, 6) is -0.626. The van der Waals surface area contributed by atoms with E-state index < -0.39 is 21.9 Å². The van der Waals surface area contributed by atoms with Gasteiger partial charge in [-0.05, 0) is 0 Å². The molecule has 0 aliphatic rings. The van der Waals surface area contributed by atoms with Gasteiger partial charge in [0, 0.05) is 12.3 Å². The molecule has 1 aromatic rings. The van der Waals surface area contributed by atoms with Gasteiger partial charge in [0.2, 0.25) is 5.75 Å². The van der Waals surface area contributed by atoms with E-state index in [0.29, 0.717) is 0 Å². The molecule has 0 saturated carbocycles. The maximum Gasteiger partial charge on any atom is 0.374 e. The first-order chi connectivity index (χ1) is 6.13. The molecule has 1 rings (SSSR count). The highest BCUT2D eigenvalue weighted by molar-refractivity contribution is 5.41. The third-order valence-corrected chi connectivity index (χ3v) is 1.10. The van der Waals surface area contributed by atoms with Crippen LogP contribution in [-0.4, -0.2) is 15.0 Å². The maximum absolute atomic E-state index is 10.6. The van der Waals surface area contributed by atoms with Crippen LogP contribution in [0.1, 0.15) is 13.8 Å². The fourth-order valence-electron chi connectivity index (χ4n) is 0.636. The number of rotatable bonds is 1. The molecule has 0 aliphatic carbocycles. The van der Waals surface area contributed by atoms with Gasteiger partial charge in [0.15, 0.2) is 0 Å². The van der Waals surface area contributed by atoms with Gasteiger partial charge in [-0.1, -0.05) is 13.8 Å². The van der Waals surface area contributed by atoms with E-state index >= 15 is 0 Å². The van der Waals surface area contributed by atoms with Crippen molar-refractivity contribution in [1.82, 2.24) is 4.98 Å². The fraction of sp³-hybridized carbons (Fsp3) is 0.286. The van der Waals surface area contributed by atoms with Gasteiger partial charge in [0.25, 0.3) is 0 Å². The van der Waals surface area contributed by atoms with E-state index in [1.807, 2.05) is 13.8 Å². The summed E-state index contributed by atoms with van der Waals surface area (Å²) >= 11 is 0. The molecule has 0 radical (unpaired) electrons. The average Bonchev–Trinajstić information content (AvgIpc) is 2.07. The van der Waals surface area contributed by atoms with Crippen molar-refractivity contribution in [3.05, 3.63) is 32.7 Å². The minimum atomic E-state index is -0.936. The first kappa shape index (κ1) is 11.2. The Morgan fingerprint density at radius 1 is 1.54 bits per heavy atom. The Kier molecular flexibility index (Phi) is 4.21. The van der Waals surface area contributed by atoms with Crippen LogP contribution in [0.3, 0.4) is 0 Å². The highest BCUT2D eigenvalue weighted by atomic mass is 16.6. The van der Waals surface area contributed by atoms with Crippen LogP contribution in [0, 0.1) is 10.1 Å². The lowest BCUT2D eigenvalue weighted by atomic mass is 10.4. The Hall–Kier alpha value is -1.85. The van der Waals surface area contributed by atoms with Crippen molar-refractivity contribution in [2.24, 2.45) is 0 Å². The number of hydrogen-bond acceptors (Lipinski definition) is 4. The molecule has 0 amide bonds. The second-order valence-corrected chi connectivity index (χ2v) is 1.80. The van der Waals surface area contributed by atoms with Gasteiger partial charge in [-0.25, -0.2) is 0 Å². The van der Waals surface area contributed by atoms with E-state index in [2.05, 4.69) is 4.98 Å². The van der Waals surface area contributed by atoms with Crippen molar-refractivity contribution in [3.8, 4) is 5.75 Å². The number of pyridine rings is 1. The lowest BCUT2D eigenvalue weighted by Gasteiger charge is -1.91. The third-order valence-electron chi connectivity index (χ3n) is 1.10. The Balaban J connectivity index is 0.000000671. The van der Waals surface area contributed by atoms with Crippen LogP contribution in [0.25, 0.3) is 0 Å². The molecular formula is C7H10N2O4. The van der Waals surface area contributed by atoms with E-state index in [0.717, 1.165) is 12.3 Å². The Morgan fingerprint density at radius 3 is 2.38 bits per heavy atom. The van der Waals surface area contributed by atoms with Crippen molar-refractivity contribution in [1.29, 1.82) is 0 Å². The summed E-state index contributed by atoms with van der Waals surface area (Å²) in [5.41, 5.74) is -1.73. The fourth-order valence-corrected chi connectivity index (χ4v) is 0.636. The number of aromatic nitrogens is 1. The minimum absolute atomic E-state index is 0.626. The van der Waals surface area contributed by atoms with E-state index in [1.54, 1.807) is 0 Å². The van der Waals surface area contributed by atoms with Crippen molar-refractivity contribution < 1.29 is 10.0 Å². The van der Waals surface area contributed by atoms with Gasteiger partial charge < -0.3 is 10.1 Å². The quantitative estimate of drug-likeness (QED) is 0.505. The van der Waals surface area contributed by atoms with Crippen LogP contribution >= 0.6 is 0 Å². The number of nitro groups is 1. The number of H-pyrrole nitrogens is 1. The summed E-state index contributed by atoms with van der Waals surface area (Å²) in [4.78, 5) is 21.8. The van der Waals surface area contributed by atoms with Crippen LogP contribution in [0.15, 0.2) is 17.1 Å². The van der Waals surface area contributed by atoms with Gasteiger partial charge in [-0.3, -0.25) is 14.9 Å². The molecule has 0 aromatic carbocycles. The van der Waals surface area contributed by atoms with Crippen LogP contribution in [-0.2, 0) is 0 Å². The first-order valence-corrected chi connectivity index (χ1v) is 3.68. The highest BCUT2D eigenvalue weighted by Crippen LogP contribution is 2.17. The normalized spacial score (nSPS) is 8.46. The lowest BCUT2D eigenvalue weighted by molar-refractivity contribution is -0.387. The van der Waals surface area contributed by atoms with Gasteiger partial charge in [0.1, 0.15) is 0 Å². The van der Waals surface area contributed by atoms with Crippen molar-refractivity contribution in [2.45, 2.75) is 13.8 Å². The molecule has 0 saturated heterocycles.